The molecule has 10 heteroatoms. The highest BCUT2D eigenvalue weighted by atomic mass is 32.1. The molecule has 1 aliphatic rings. The molecule has 0 bridgehead atoms. The monoisotopic (exact) mass is 535 g/mol. The van der Waals surface area contributed by atoms with Gasteiger partial charge >= 0.3 is 0 Å². The Balaban J connectivity index is 1.88. The molecule has 38 heavy (non-hydrogen) atoms. The highest BCUT2D eigenvalue weighted by Crippen LogP contribution is 2.36. The Morgan fingerprint density at radius 1 is 1.13 bits per heavy atom. The number of nitrogens with two attached hydrogens (primary N) is 2. The number of rotatable bonds is 9. The molecule has 3 aromatic rings. The van der Waals surface area contributed by atoms with Crippen molar-refractivity contribution in [1.82, 2.24) is 9.69 Å². The van der Waals surface area contributed by atoms with Crippen molar-refractivity contribution in [2.45, 2.75) is 58.5 Å². The highest BCUT2D eigenvalue weighted by Gasteiger charge is 2.37. The normalized spacial score (nSPS) is 14.2. The second-order valence-corrected chi connectivity index (χ2v) is 10.3. The molecule has 2 aromatic carbocycles. The molecule has 1 heterocycles. The second kappa shape index (κ2) is 11.6. The lowest BCUT2D eigenvalue weighted by Gasteiger charge is -2.33. The zero-order valence-electron chi connectivity index (χ0n) is 21.8. The molecular formula is C28H33N5O4S. The summed E-state index contributed by atoms with van der Waals surface area (Å²) < 4.78 is 9.62. The Hall–Kier alpha value is -3.92. The summed E-state index contributed by atoms with van der Waals surface area (Å²) in [6, 6.07) is 11.9. The van der Waals surface area contributed by atoms with Crippen molar-refractivity contribution in [2.24, 2.45) is 5.73 Å². The minimum atomic E-state index is -1.02. The molecule has 0 radical (unpaired) electrons. The van der Waals surface area contributed by atoms with E-state index in [1.165, 1.54) is 4.90 Å². The van der Waals surface area contributed by atoms with E-state index in [4.69, 9.17) is 16.2 Å². The molecule has 1 atom stereocenters. The second-order valence-electron chi connectivity index (χ2n) is 9.50. The number of nitrogens with one attached hydrogen (secondary N) is 1. The standard InChI is InChI=1S/C28H33N5O4S/c1-4-37-20-13-11-18(12-14-20)24(27(35)31-19-7-5-6-8-19)33(21-15-16(2)9-10-17(21)3)28(36)25-22(29)23(26(30)34)32-38-25/h9-15,19,24H,4-8,29H2,1-3H3,(H2,30,34)(H,31,35). The Bertz CT molecular complexity index is 1330. The lowest BCUT2D eigenvalue weighted by atomic mass is 10.00. The smallest absolute Gasteiger partial charge is 0.273 e. The zero-order chi connectivity index (χ0) is 27.4. The first-order chi connectivity index (χ1) is 18.2. The zero-order valence-corrected chi connectivity index (χ0v) is 22.6. The molecule has 0 spiro atoms. The van der Waals surface area contributed by atoms with Crippen molar-refractivity contribution >= 4 is 40.6 Å². The van der Waals surface area contributed by atoms with Gasteiger partial charge < -0.3 is 21.5 Å². The first kappa shape index (κ1) is 27.1. The number of hydrogen-bond acceptors (Lipinski definition) is 7. The van der Waals surface area contributed by atoms with Gasteiger partial charge in [-0.2, -0.15) is 4.37 Å². The van der Waals surface area contributed by atoms with Crippen molar-refractivity contribution in [2.75, 3.05) is 17.2 Å². The number of aryl methyl sites for hydroxylation is 2. The number of aromatic nitrogens is 1. The molecule has 1 aromatic heterocycles. The van der Waals surface area contributed by atoms with Crippen LogP contribution in [0.15, 0.2) is 42.5 Å². The highest BCUT2D eigenvalue weighted by molar-refractivity contribution is 7.09. The van der Waals surface area contributed by atoms with E-state index in [0.29, 0.717) is 23.6 Å². The summed E-state index contributed by atoms with van der Waals surface area (Å²) in [6.45, 7) is 6.20. The SMILES string of the molecule is CCOc1ccc(C(C(=O)NC2CCCC2)N(C(=O)c2snc(C(N)=O)c2N)c2cc(C)ccc2C)cc1. The molecule has 0 saturated heterocycles. The predicted molar refractivity (Wildman–Crippen MR) is 149 cm³/mol. The molecule has 1 fully saturated rings. The van der Waals surface area contributed by atoms with E-state index < -0.39 is 17.9 Å². The van der Waals surface area contributed by atoms with E-state index in [0.717, 1.165) is 48.3 Å². The van der Waals surface area contributed by atoms with Crippen LogP contribution in [0.1, 0.15) is 75.5 Å². The van der Waals surface area contributed by atoms with Gasteiger partial charge in [0.15, 0.2) is 5.69 Å². The molecule has 0 aliphatic heterocycles. The minimum absolute atomic E-state index is 0.0400. The number of amides is 3. The van der Waals surface area contributed by atoms with Gasteiger partial charge in [-0.25, -0.2) is 0 Å². The number of hydrogen-bond donors (Lipinski definition) is 3. The van der Waals surface area contributed by atoms with Crippen molar-refractivity contribution in [3.05, 3.63) is 69.7 Å². The van der Waals surface area contributed by atoms with Crippen LogP contribution in [0.5, 0.6) is 5.75 Å². The third kappa shape index (κ3) is 5.65. The fourth-order valence-corrected chi connectivity index (χ4v) is 5.51. The van der Waals surface area contributed by atoms with Crippen molar-refractivity contribution in [1.29, 1.82) is 0 Å². The van der Waals surface area contributed by atoms with Gasteiger partial charge in [0.1, 0.15) is 16.7 Å². The third-order valence-corrected chi connectivity index (χ3v) is 7.56. The number of carbonyl (C=O) groups excluding carboxylic acids is 3. The number of nitrogen functional groups attached to an aromatic ring is 1. The molecule has 1 saturated carbocycles. The number of carbonyl (C=O) groups is 3. The Morgan fingerprint density at radius 2 is 1.82 bits per heavy atom. The third-order valence-electron chi connectivity index (χ3n) is 6.71. The molecule has 1 unspecified atom stereocenters. The lowest BCUT2D eigenvalue weighted by molar-refractivity contribution is -0.123. The summed E-state index contributed by atoms with van der Waals surface area (Å²) in [6.07, 6.45) is 3.88. The van der Waals surface area contributed by atoms with Crippen molar-refractivity contribution in [3.8, 4) is 5.75 Å². The minimum Gasteiger partial charge on any atom is -0.494 e. The summed E-state index contributed by atoms with van der Waals surface area (Å²) in [7, 11) is 0. The maximum Gasteiger partial charge on any atom is 0.273 e. The summed E-state index contributed by atoms with van der Waals surface area (Å²) in [5, 5.41) is 3.16. The molecule has 5 N–H and O–H groups in total. The maximum atomic E-state index is 14.3. The predicted octanol–water partition coefficient (Wildman–Crippen LogP) is 4.29. The topological polar surface area (TPSA) is 141 Å². The van der Waals surface area contributed by atoms with Crippen molar-refractivity contribution in [3.63, 3.8) is 0 Å². The molecule has 3 amide bonds. The fourth-order valence-electron chi connectivity index (χ4n) is 4.76. The Kier molecular flexibility index (Phi) is 8.31. The average Bonchev–Trinajstić information content (AvgIpc) is 3.54. The number of ether oxygens (including phenoxy) is 1. The van der Waals surface area contributed by atoms with E-state index >= 15 is 0 Å². The van der Waals surface area contributed by atoms with Crippen LogP contribution in [-0.4, -0.2) is 34.7 Å². The van der Waals surface area contributed by atoms with Crippen LogP contribution in [0.25, 0.3) is 0 Å². The van der Waals surface area contributed by atoms with Gasteiger partial charge in [-0.3, -0.25) is 19.3 Å². The molecule has 200 valence electrons. The van der Waals surface area contributed by atoms with E-state index in [1.807, 2.05) is 39.0 Å². The van der Waals surface area contributed by atoms with Crippen LogP contribution < -0.4 is 26.4 Å². The quantitative estimate of drug-likeness (QED) is 0.373. The van der Waals surface area contributed by atoms with Gasteiger partial charge in [0.25, 0.3) is 11.8 Å². The van der Waals surface area contributed by atoms with Crippen LogP contribution >= 0.6 is 11.5 Å². The summed E-state index contributed by atoms with van der Waals surface area (Å²) in [5.41, 5.74) is 14.2. The Morgan fingerprint density at radius 3 is 2.42 bits per heavy atom. The first-order valence-electron chi connectivity index (χ1n) is 12.7. The van der Waals surface area contributed by atoms with E-state index in [2.05, 4.69) is 9.69 Å². The van der Waals surface area contributed by atoms with Crippen LogP contribution in [-0.2, 0) is 4.79 Å². The van der Waals surface area contributed by atoms with Gasteiger partial charge in [0, 0.05) is 11.7 Å². The van der Waals surface area contributed by atoms with Gasteiger partial charge in [0.2, 0.25) is 5.91 Å². The molecule has 1 aliphatic carbocycles. The number of nitrogens with zero attached hydrogens (tertiary/aromatic N) is 2. The number of anilines is 2. The van der Waals surface area contributed by atoms with Gasteiger partial charge in [-0.15, -0.1) is 0 Å². The lowest BCUT2D eigenvalue weighted by Crippen LogP contribution is -2.46. The van der Waals surface area contributed by atoms with Crippen LogP contribution in [0.4, 0.5) is 11.4 Å². The van der Waals surface area contributed by atoms with Crippen molar-refractivity contribution < 1.29 is 19.1 Å². The maximum absolute atomic E-state index is 14.3. The summed E-state index contributed by atoms with van der Waals surface area (Å²) in [5.74, 6) is -0.998. The van der Waals surface area contributed by atoms with Crippen LogP contribution in [0, 0.1) is 13.8 Å². The van der Waals surface area contributed by atoms with E-state index in [1.54, 1.807) is 24.3 Å². The fraction of sp³-hybridized carbons (Fsp3) is 0.357. The van der Waals surface area contributed by atoms with E-state index in [9.17, 15) is 14.4 Å². The molecular weight excluding hydrogens is 502 g/mol. The molecule has 4 rings (SSSR count). The number of benzene rings is 2. The average molecular weight is 536 g/mol. The largest absolute Gasteiger partial charge is 0.494 e. The Labute approximate surface area is 226 Å². The molecule has 9 nitrogen and oxygen atoms in total. The summed E-state index contributed by atoms with van der Waals surface area (Å²) >= 11 is 0.793. The van der Waals surface area contributed by atoms with Gasteiger partial charge in [0.05, 0.1) is 12.3 Å². The van der Waals surface area contributed by atoms with Gasteiger partial charge in [-0.05, 0) is 80.0 Å². The summed E-state index contributed by atoms with van der Waals surface area (Å²) in [4.78, 5) is 41.6. The van der Waals surface area contributed by atoms with Crippen LogP contribution in [0.3, 0.4) is 0 Å². The van der Waals surface area contributed by atoms with Crippen LogP contribution in [0.2, 0.25) is 0 Å². The first-order valence-corrected chi connectivity index (χ1v) is 13.5. The number of primary amides is 1. The van der Waals surface area contributed by atoms with E-state index in [-0.39, 0.29) is 28.2 Å². The van der Waals surface area contributed by atoms with Gasteiger partial charge in [-0.1, -0.05) is 37.1 Å².